The fourth-order valence-electron chi connectivity index (χ4n) is 3.26. The molecule has 136 valence electrons. The maximum atomic E-state index is 12.0. The van der Waals surface area contributed by atoms with E-state index in [0.29, 0.717) is 10.9 Å². The number of methoxy groups -OCH3 is 1. The Hall–Kier alpha value is -3.05. The lowest BCUT2D eigenvalue weighted by Crippen LogP contribution is -2.19. The van der Waals surface area contributed by atoms with Crippen molar-refractivity contribution in [2.75, 3.05) is 7.11 Å². The molecule has 3 aromatic rings. The van der Waals surface area contributed by atoms with E-state index in [0.717, 1.165) is 22.3 Å². The van der Waals surface area contributed by atoms with Gasteiger partial charge < -0.3 is 14.8 Å². The molecular formula is C21H17ClN2O3. The smallest absolute Gasteiger partial charge is 0.408 e. The van der Waals surface area contributed by atoms with Crippen molar-refractivity contribution < 1.29 is 14.3 Å². The number of rotatable bonds is 4. The Kier molecular flexibility index (Phi) is 4.69. The summed E-state index contributed by atoms with van der Waals surface area (Å²) in [5.41, 5.74) is 3.55. The second-order valence-electron chi connectivity index (χ2n) is 6.19. The zero-order chi connectivity index (χ0) is 18.8. The standard InChI is InChI=1S/C21H17ClN2O3/c1-26-16-8-3-7-15(12-16)19-18(24-21(25)27-19)14-6-2-5-13(11-14)17-9-4-10-23-20(17)22/h2-12,18-19H,1H3,(H,24,25)/t18-,19-/m1/s1. The lowest BCUT2D eigenvalue weighted by atomic mass is 9.94. The van der Waals surface area contributed by atoms with Crippen molar-refractivity contribution in [1.29, 1.82) is 0 Å². The first kappa shape index (κ1) is 17.4. The summed E-state index contributed by atoms with van der Waals surface area (Å²) in [6.07, 6.45) is 0.754. The van der Waals surface area contributed by atoms with E-state index in [9.17, 15) is 4.79 Å². The summed E-state index contributed by atoms with van der Waals surface area (Å²) in [6.45, 7) is 0. The number of aromatic nitrogens is 1. The van der Waals surface area contributed by atoms with Gasteiger partial charge in [-0.1, -0.05) is 41.9 Å². The molecule has 2 heterocycles. The first-order chi connectivity index (χ1) is 13.2. The molecule has 1 N–H and O–H groups in total. The van der Waals surface area contributed by atoms with Crippen LogP contribution in [0.4, 0.5) is 4.79 Å². The number of amides is 1. The minimum absolute atomic E-state index is 0.319. The maximum absolute atomic E-state index is 12.0. The normalized spacial score (nSPS) is 18.7. The van der Waals surface area contributed by atoms with Gasteiger partial charge in [0, 0.05) is 11.8 Å². The fourth-order valence-corrected chi connectivity index (χ4v) is 3.49. The summed E-state index contributed by atoms with van der Waals surface area (Å²) in [7, 11) is 1.61. The number of carbonyl (C=O) groups is 1. The SMILES string of the molecule is COc1cccc([C@H]2OC(=O)N[C@@H]2c2cccc(-c3cccnc3Cl)c2)c1. The third-order valence-electron chi connectivity index (χ3n) is 4.55. The van der Waals surface area contributed by atoms with Gasteiger partial charge in [-0.3, -0.25) is 0 Å². The van der Waals surface area contributed by atoms with Crippen LogP contribution >= 0.6 is 11.6 Å². The van der Waals surface area contributed by atoms with Crippen LogP contribution in [0, 0.1) is 0 Å². The molecule has 1 aliphatic heterocycles. The highest BCUT2D eigenvalue weighted by molar-refractivity contribution is 6.32. The van der Waals surface area contributed by atoms with Crippen molar-refractivity contribution in [1.82, 2.24) is 10.3 Å². The lowest BCUT2D eigenvalue weighted by molar-refractivity contribution is 0.132. The predicted octanol–water partition coefficient (Wildman–Crippen LogP) is 4.93. The molecule has 0 radical (unpaired) electrons. The van der Waals surface area contributed by atoms with Gasteiger partial charge in [-0.15, -0.1) is 0 Å². The van der Waals surface area contributed by atoms with Crippen molar-refractivity contribution >= 4 is 17.7 Å². The molecule has 0 spiro atoms. The summed E-state index contributed by atoms with van der Waals surface area (Å²) in [5.74, 6) is 0.713. The molecule has 2 aromatic carbocycles. The highest BCUT2D eigenvalue weighted by Crippen LogP contribution is 2.39. The number of alkyl carbamates (subject to hydrolysis) is 1. The average molecular weight is 381 g/mol. The molecule has 1 aliphatic rings. The van der Waals surface area contributed by atoms with Crippen molar-refractivity contribution in [3.63, 3.8) is 0 Å². The lowest BCUT2D eigenvalue weighted by Gasteiger charge is -2.19. The molecule has 27 heavy (non-hydrogen) atoms. The number of benzene rings is 2. The zero-order valence-corrected chi connectivity index (χ0v) is 15.3. The van der Waals surface area contributed by atoms with Gasteiger partial charge in [0.05, 0.1) is 13.2 Å². The van der Waals surface area contributed by atoms with Crippen LogP contribution in [0.5, 0.6) is 5.75 Å². The first-order valence-electron chi connectivity index (χ1n) is 8.47. The summed E-state index contributed by atoms with van der Waals surface area (Å²) < 4.78 is 10.8. The Morgan fingerprint density at radius 2 is 1.89 bits per heavy atom. The number of cyclic esters (lactones) is 1. The highest BCUT2D eigenvalue weighted by atomic mass is 35.5. The van der Waals surface area contributed by atoms with E-state index >= 15 is 0 Å². The number of carbonyl (C=O) groups excluding carboxylic acids is 1. The van der Waals surface area contributed by atoms with Gasteiger partial charge in [-0.25, -0.2) is 9.78 Å². The van der Waals surface area contributed by atoms with Crippen LogP contribution in [0.3, 0.4) is 0 Å². The van der Waals surface area contributed by atoms with Crippen LogP contribution in [-0.2, 0) is 4.74 Å². The fraction of sp³-hybridized carbons (Fsp3) is 0.143. The van der Waals surface area contributed by atoms with Crippen LogP contribution in [0.1, 0.15) is 23.3 Å². The molecule has 1 fully saturated rings. The van der Waals surface area contributed by atoms with Crippen molar-refractivity contribution in [3.05, 3.63) is 83.1 Å². The Balaban J connectivity index is 1.72. The molecule has 0 saturated carbocycles. The number of hydrogen-bond acceptors (Lipinski definition) is 4. The summed E-state index contributed by atoms with van der Waals surface area (Å²) in [4.78, 5) is 16.1. The second kappa shape index (κ2) is 7.29. The molecule has 1 saturated heterocycles. The van der Waals surface area contributed by atoms with Crippen molar-refractivity contribution in [2.24, 2.45) is 0 Å². The Labute approximate surface area is 161 Å². The molecule has 0 bridgehead atoms. The average Bonchev–Trinajstić information content (AvgIpc) is 3.10. The Bertz CT molecular complexity index is 992. The van der Waals surface area contributed by atoms with Crippen LogP contribution in [-0.4, -0.2) is 18.2 Å². The van der Waals surface area contributed by atoms with E-state index in [-0.39, 0.29) is 6.04 Å². The molecule has 2 atom stereocenters. The van der Waals surface area contributed by atoms with Crippen molar-refractivity contribution in [3.8, 4) is 16.9 Å². The Morgan fingerprint density at radius 3 is 2.70 bits per heavy atom. The minimum atomic E-state index is -0.452. The molecule has 1 amide bonds. The van der Waals surface area contributed by atoms with E-state index in [1.165, 1.54) is 0 Å². The largest absolute Gasteiger partial charge is 0.497 e. The second-order valence-corrected chi connectivity index (χ2v) is 6.55. The quantitative estimate of drug-likeness (QED) is 0.652. The van der Waals surface area contributed by atoms with Gasteiger partial charge >= 0.3 is 6.09 Å². The highest BCUT2D eigenvalue weighted by Gasteiger charge is 2.36. The van der Waals surface area contributed by atoms with E-state index in [1.54, 1.807) is 13.3 Å². The van der Waals surface area contributed by atoms with Gasteiger partial charge in [0.2, 0.25) is 0 Å². The number of nitrogens with one attached hydrogen (secondary N) is 1. The first-order valence-corrected chi connectivity index (χ1v) is 8.85. The van der Waals surface area contributed by atoms with Gasteiger partial charge in [0.15, 0.2) is 6.10 Å². The summed E-state index contributed by atoms with van der Waals surface area (Å²) in [5, 5.41) is 3.33. The van der Waals surface area contributed by atoms with Crippen LogP contribution < -0.4 is 10.1 Å². The summed E-state index contributed by atoms with van der Waals surface area (Å²) >= 11 is 6.23. The van der Waals surface area contributed by atoms with Gasteiger partial charge in [0.25, 0.3) is 0 Å². The Morgan fingerprint density at radius 1 is 1.07 bits per heavy atom. The monoisotopic (exact) mass is 380 g/mol. The van der Waals surface area contributed by atoms with E-state index in [4.69, 9.17) is 21.1 Å². The van der Waals surface area contributed by atoms with E-state index < -0.39 is 12.2 Å². The van der Waals surface area contributed by atoms with Crippen LogP contribution in [0.15, 0.2) is 66.9 Å². The molecule has 5 nitrogen and oxygen atoms in total. The third kappa shape index (κ3) is 3.46. The number of nitrogens with zero attached hydrogens (tertiary/aromatic N) is 1. The number of pyridine rings is 1. The molecular weight excluding hydrogens is 364 g/mol. The molecule has 1 aromatic heterocycles. The topological polar surface area (TPSA) is 60.5 Å². The molecule has 6 heteroatoms. The minimum Gasteiger partial charge on any atom is -0.497 e. The number of halogens is 1. The van der Waals surface area contributed by atoms with E-state index in [1.807, 2.05) is 60.7 Å². The molecule has 0 unspecified atom stereocenters. The van der Waals surface area contributed by atoms with E-state index in [2.05, 4.69) is 10.3 Å². The van der Waals surface area contributed by atoms with Gasteiger partial charge in [-0.2, -0.15) is 0 Å². The van der Waals surface area contributed by atoms with Crippen molar-refractivity contribution in [2.45, 2.75) is 12.1 Å². The van der Waals surface area contributed by atoms with Crippen LogP contribution in [0.2, 0.25) is 5.15 Å². The molecule has 4 rings (SSSR count). The van der Waals surface area contributed by atoms with Crippen LogP contribution in [0.25, 0.3) is 11.1 Å². The maximum Gasteiger partial charge on any atom is 0.408 e. The van der Waals surface area contributed by atoms with Gasteiger partial charge in [-0.05, 0) is 47.0 Å². The zero-order valence-electron chi connectivity index (χ0n) is 14.6. The summed E-state index contributed by atoms with van der Waals surface area (Å²) in [6, 6.07) is 18.8. The molecule has 0 aliphatic carbocycles. The number of ether oxygens (including phenoxy) is 2. The van der Waals surface area contributed by atoms with Gasteiger partial charge in [0.1, 0.15) is 10.9 Å². The third-order valence-corrected chi connectivity index (χ3v) is 4.85. The predicted molar refractivity (Wildman–Crippen MR) is 103 cm³/mol. The number of hydrogen-bond donors (Lipinski definition) is 1.